The second-order valence-electron chi connectivity index (χ2n) is 7.85. The Morgan fingerprint density at radius 3 is 2.22 bits per heavy atom. The van der Waals surface area contributed by atoms with E-state index in [0.717, 1.165) is 6.42 Å². The normalized spacial score (nSPS) is 42.8. The van der Waals surface area contributed by atoms with Crippen LogP contribution in [0.4, 0.5) is 17.6 Å². The summed E-state index contributed by atoms with van der Waals surface area (Å²) in [5, 5.41) is -5.00. The van der Waals surface area contributed by atoms with Crippen LogP contribution in [-0.2, 0) is 9.84 Å². The van der Waals surface area contributed by atoms with E-state index in [1.165, 1.54) is 6.08 Å². The molecule has 0 amide bonds. The molecule has 0 aromatic carbocycles. The van der Waals surface area contributed by atoms with Gasteiger partial charge in [-0.05, 0) is 56.3 Å². The van der Waals surface area contributed by atoms with Crippen LogP contribution in [0.15, 0.2) is 12.2 Å². The third kappa shape index (κ3) is 1.83. The van der Waals surface area contributed by atoms with Crippen molar-refractivity contribution in [3.8, 4) is 0 Å². The summed E-state index contributed by atoms with van der Waals surface area (Å²) >= 11 is 0. The fraction of sp³-hybridized carbons (Fsp3) is 0.875. The summed E-state index contributed by atoms with van der Waals surface area (Å²) in [5.74, 6) is -6.49. The van der Waals surface area contributed by atoms with Crippen LogP contribution < -0.4 is 0 Å². The molecule has 4 rings (SSSR count). The maximum Gasteiger partial charge on any atom is 0.408 e. The second kappa shape index (κ2) is 4.52. The number of allylic oxidation sites excluding steroid dienone is 1. The Balaban J connectivity index is 1.70. The third-order valence-corrected chi connectivity index (χ3v) is 9.21. The van der Waals surface area contributed by atoms with Crippen LogP contribution in [-0.4, -0.2) is 24.3 Å². The lowest BCUT2D eigenvalue weighted by atomic mass is 9.84. The van der Waals surface area contributed by atoms with Gasteiger partial charge in [-0.1, -0.05) is 18.6 Å². The maximum atomic E-state index is 14.7. The highest BCUT2D eigenvalue weighted by molar-refractivity contribution is 7.94. The quantitative estimate of drug-likeness (QED) is 0.562. The molecule has 7 heteroatoms. The van der Waals surface area contributed by atoms with E-state index in [4.69, 9.17) is 0 Å². The third-order valence-electron chi connectivity index (χ3n) is 6.68. The summed E-state index contributed by atoms with van der Waals surface area (Å²) in [5.41, 5.74) is 0. The predicted molar refractivity (Wildman–Crippen MR) is 77.0 cm³/mol. The molecule has 5 atom stereocenters. The Kier molecular flexibility index (Phi) is 3.13. The van der Waals surface area contributed by atoms with Crippen molar-refractivity contribution in [2.24, 2.45) is 23.7 Å². The fourth-order valence-corrected chi connectivity index (χ4v) is 7.48. The first-order chi connectivity index (χ1) is 10.6. The van der Waals surface area contributed by atoms with Gasteiger partial charge >= 0.3 is 11.2 Å². The number of alkyl halides is 4. The van der Waals surface area contributed by atoms with Gasteiger partial charge in [0.05, 0.1) is 4.75 Å². The molecule has 2 nitrogen and oxygen atoms in total. The molecule has 5 unspecified atom stereocenters. The molecule has 130 valence electrons. The van der Waals surface area contributed by atoms with Crippen LogP contribution in [0.1, 0.15) is 44.9 Å². The molecule has 4 aliphatic rings. The Morgan fingerprint density at radius 2 is 1.78 bits per heavy atom. The van der Waals surface area contributed by atoms with Crippen LogP contribution >= 0.6 is 0 Å². The summed E-state index contributed by atoms with van der Waals surface area (Å²) < 4.78 is 82.1. The molecular weight excluding hydrogens is 332 g/mol. The Hall–Kier alpha value is -0.590. The second-order valence-corrected chi connectivity index (χ2v) is 10.2. The largest absolute Gasteiger partial charge is 0.408 e. The highest BCUT2D eigenvalue weighted by atomic mass is 32.2. The standard InChI is InChI=1S/C16H20F4O2S/c17-15(18,13-8-11-1-2-12(13)7-11)16(19,20)23(21,22)14-5-3-10(9-14)4-6-14/h3,5,10-13H,1-2,4,6-9H2. The number of fused-ring (bicyclic) bond motifs is 4. The summed E-state index contributed by atoms with van der Waals surface area (Å²) in [7, 11) is -5.29. The van der Waals surface area contributed by atoms with Gasteiger partial charge in [0.25, 0.3) is 0 Å². The van der Waals surface area contributed by atoms with Crippen LogP contribution in [0.3, 0.4) is 0 Å². The van der Waals surface area contributed by atoms with Crippen molar-refractivity contribution in [2.75, 3.05) is 0 Å². The number of hydrogen-bond acceptors (Lipinski definition) is 2. The first kappa shape index (κ1) is 15.9. The lowest BCUT2D eigenvalue weighted by Crippen LogP contribution is -2.58. The summed E-state index contributed by atoms with van der Waals surface area (Å²) in [6.07, 6.45) is 5.21. The SMILES string of the molecule is O=S(=O)(C12C=CC(CC1)C2)C(F)(F)C(F)(F)C1CC2CCC1C2. The highest BCUT2D eigenvalue weighted by Crippen LogP contribution is 2.61. The van der Waals surface area contributed by atoms with E-state index in [2.05, 4.69) is 0 Å². The Labute approximate surface area is 133 Å². The Morgan fingerprint density at radius 1 is 1.04 bits per heavy atom. The average molecular weight is 352 g/mol. The van der Waals surface area contributed by atoms with Crippen molar-refractivity contribution >= 4 is 9.84 Å². The number of hydrogen-bond donors (Lipinski definition) is 0. The van der Waals surface area contributed by atoms with Crippen molar-refractivity contribution in [2.45, 2.75) is 60.9 Å². The van der Waals surface area contributed by atoms with Gasteiger partial charge in [-0.2, -0.15) is 17.6 Å². The molecule has 23 heavy (non-hydrogen) atoms. The molecule has 0 aromatic heterocycles. The molecule has 4 aliphatic carbocycles. The molecule has 0 saturated heterocycles. The molecule has 0 spiro atoms. The monoisotopic (exact) mass is 352 g/mol. The van der Waals surface area contributed by atoms with Gasteiger partial charge in [0, 0.05) is 5.92 Å². The summed E-state index contributed by atoms with van der Waals surface area (Å²) in [4.78, 5) is 0. The van der Waals surface area contributed by atoms with Gasteiger partial charge in [0.15, 0.2) is 0 Å². The van der Waals surface area contributed by atoms with Gasteiger partial charge in [-0.25, -0.2) is 8.42 Å². The lowest BCUT2D eigenvalue weighted by Gasteiger charge is -2.38. The van der Waals surface area contributed by atoms with Crippen LogP contribution in [0.5, 0.6) is 0 Å². The summed E-state index contributed by atoms with van der Waals surface area (Å²) in [6, 6.07) is 0. The van der Waals surface area contributed by atoms with E-state index in [9.17, 15) is 26.0 Å². The number of rotatable bonds is 4. The minimum absolute atomic E-state index is 0.0221. The van der Waals surface area contributed by atoms with E-state index in [1.807, 2.05) is 0 Å². The molecule has 0 aliphatic heterocycles. The first-order valence-electron chi connectivity index (χ1n) is 8.30. The van der Waals surface area contributed by atoms with Gasteiger partial charge in [0.1, 0.15) is 0 Å². The van der Waals surface area contributed by atoms with Gasteiger partial charge in [0.2, 0.25) is 9.84 Å². The molecule has 0 N–H and O–H groups in total. The van der Waals surface area contributed by atoms with E-state index >= 15 is 0 Å². The molecule has 0 heterocycles. The number of sulfone groups is 1. The summed E-state index contributed by atoms with van der Waals surface area (Å²) in [6.45, 7) is 0. The molecule has 3 fully saturated rings. The van der Waals surface area contributed by atoms with Crippen molar-refractivity contribution in [1.29, 1.82) is 0 Å². The van der Waals surface area contributed by atoms with Gasteiger partial charge in [-0.3, -0.25) is 0 Å². The number of halogens is 4. The fourth-order valence-electron chi connectivity index (χ4n) is 5.38. The topological polar surface area (TPSA) is 34.1 Å². The van der Waals surface area contributed by atoms with E-state index in [0.29, 0.717) is 19.3 Å². The van der Waals surface area contributed by atoms with E-state index in [-0.39, 0.29) is 31.1 Å². The van der Waals surface area contributed by atoms with Crippen molar-refractivity contribution in [3.05, 3.63) is 12.2 Å². The zero-order chi connectivity index (χ0) is 16.7. The molecular formula is C16H20F4O2S. The minimum Gasteiger partial charge on any atom is -0.221 e. The molecule has 4 bridgehead atoms. The van der Waals surface area contributed by atoms with Gasteiger partial charge in [-0.15, -0.1) is 0 Å². The Bertz CT molecular complexity index is 657. The van der Waals surface area contributed by atoms with Crippen LogP contribution in [0, 0.1) is 23.7 Å². The van der Waals surface area contributed by atoms with Crippen LogP contribution in [0.2, 0.25) is 0 Å². The highest BCUT2D eigenvalue weighted by Gasteiger charge is 2.75. The van der Waals surface area contributed by atoms with Crippen molar-refractivity contribution in [3.63, 3.8) is 0 Å². The smallest absolute Gasteiger partial charge is 0.221 e. The zero-order valence-corrected chi connectivity index (χ0v) is 13.5. The first-order valence-corrected chi connectivity index (χ1v) is 9.78. The van der Waals surface area contributed by atoms with E-state index in [1.54, 1.807) is 6.08 Å². The average Bonchev–Trinajstić information content (AvgIpc) is 3.26. The predicted octanol–water partition coefficient (Wildman–Crippen LogP) is 4.17. The van der Waals surface area contributed by atoms with Crippen LogP contribution in [0.25, 0.3) is 0 Å². The lowest BCUT2D eigenvalue weighted by molar-refractivity contribution is -0.200. The maximum absolute atomic E-state index is 14.7. The van der Waals surface area contributed by atoms with Crippen molar-refractivity contribution < 1.29 is 26.0 Å². The molecule has 0 aromatic rings. The van der Waals surface area contributed by atoms with Gasteiger partial charge < -0.3 is 0 Å². The van der Waals surface area contributed by atoms with Crippen molar-refractivity contribution in [1.82, 2.24) is 0 Å². The molecule has 3 saturated carbocycles. The zero-order valence-electron chi connectivity index (χ0n) is 12.7. The minimum atomic E-state index is -5.29. The molecule has 0 radical (unpaired) electrons. The van der Waals surface area contributed by atoms with E-state index < -0.39 is 37.6 Å².